The molecule has 2 aromatic heterocycles. The average Bonchev–Trinajstić information content (AvgIpc) is 2.92. The molecule has 1 N–H and O–H groups in total. The molecule has 6 nitrogen and oxygen atoms in total. The van der Waals surface area contributed by atoms with Crippen LogP contribution >= 0.6 is 0 Å². The molecule has 0 bridgehead atoms. The van der Waals surface area contributed by atoms with Crippen LogP contribution in [-0.4, -0.2) is 34.6 Å². The van der Waals surface area contributed by atoms with Gasteiger partial charge in [0.15, 0.2) is 11.5 Å². The van der Waals surface area contributed by atoms with Gasteiger partial charge in [-0.2, -0.15) is 0 Å². The lowest BCUT2D eigenvalue weighted by Gasteiger charge is -2.23. The Hall–Kier alpha value is -2.89. The molecule has 0 saturated heterocycles. The summed E-state index contributed by atoms with van der Waals surface area (Å²) in [6, 6.07) is 10.3. The number of amides is 1. The molecule has 3 heterocycles. The molecule has 0 fully saturated rings. The second-order valence-corrected chi connectivity index (χ2v) is 6.83. The molecule has 128 valence electrons. The second kappa shape index (κ2) is 5.58. The minimum absolute atomic E-state index is 0.00744. The Bertz CT molecular complexity index is 972. The van der Waals surface area contributed by atoms with Gasteiger partial charge < -0.3 is 10.2 Å². The van der Waals surface area contributed by atoms with Crippen molar-refractivity contribution in [2.75, 3.05) is 24.3 Å². The third-order valence-electron chi connectivity index (χ3n) is 4.74. The van der Waals surface area contributed by atoms with Crippen molar-refractivity contribution in [2.45, 2.75) is 26.2 Å². The zero-order chi connectivity index (χ0) is 17.7. The summed E-state index contributed by atoms with van der Waals surface area (Å²) in [5.41, 5.74) is 6.03. The standard InChI is InChI=1S/C19H21N5O/c1-11-9-12(2)24-19(20-11)17-15(10-16(25)21-18(17)22-24)13-5-7-14(8-6-13)23(3)4/h5-9,15H,10H2,1-4H3,(H,21,22,25)/t15-/m0/s1. The molecule has 0 saturated carbocycles. The Balaban J connectivity index is 1.90. The summed E-state index contributed by atoms with van der Waals surface area (Å²) >= 11 is 0. The van der Waals surface area contributed by atoms with E-state index < -0.39 is 0 Å². The number of carbonyl (C=O) groups is 1. The van der Waals surface area contributed by atoms with Gasteiger partial charge in [-0.25, -0.2) is 9.50 Å². The lowest BCUT2D eigenvalue weighted by atomic mass is 9.87. The smallest absolute Gasteiger partial charge is 0.226 e. The fraction of sp³-hybridized carbons (Fsp3) is 0.316. The third kappa shape index (κ3) is 2.54. The molecule has 1 aliphatic heterocycles. The van der Waals surface area contributed by atoms with Crippen LogP contribution in [-0.2, 0) is 4.79 Å². The van der Waals surface area contributed by atoms with Crippen molar-refractivity contribution >= 4 is 23.1 Å². The molecule has 1 aromatic carbocycles. The Kier molecular flexibility index (Phi) is 3.49. The highest BCUT2D eigenvalue weighted by atomic mass is 16.1. The number of benzene rings is 1. The maximum absolute atomic E-state index is 12.2. The SMILES string of the molecule is Cc1cc(C)n2nc3c(c2n1)[C@H](c1ccc(N(C)C)cc1)CC(=O)N3. The van der Waals surface area contributed by atoms with E-state index in [0.29, 0.717) is 12.2 Å². The van der Waals surface area contributed by atoms with Gasteiger partial charge in [-0.3, -0.25) is 4.79 Å². The van der Waals surface area contributed by atoms with Crippen LogP contribution in [0.3, 0.4) is 0 Å². The molecule has 0 aliphatic carbocycles. The van der Waals surface area contributed by atoms with Gasteiger partial charge in [-0.1, -0.05) is 12.1 Å². The predicted octanol–water partition coefficient (Wildman–Crippen LogP) is 2.89. The van der Waals surface area contributed by atoms with Gasteiger partial charge in [-0.15, -0.1) is 5.10 Å². The van der Waals surface area contributed by atoms with Crippen LogP contribution in [0.15, 0.2) is 30.3 Å². The number of hydrogen-bond acceptors (Lipinski definition) is 4. The third-order valence-corrected chi connectivity index (χ3v) is 4.74. The van der Waals surface area contributed by atoms with Crippen LogP contribution in [0.2, 0.25) is 0 Å². The number of fused-ring (bicyclic) bond motifs is 3. The first kappa shape index (κ1) is 15.6. The molecule has 6 heteroatoms. The van der Waals surface area contributed by atoms with Crippen LogP contribution in [0.5, 0.6) is 0 Å². The molecule has 0 spiro atoms. The van der Waals surface area contributed by atoms with E-state index in [0.717, 1.165) is 33.8 Å². The summed E-state index contributed by atoms with van der Waals surface area (Å²) in [6.45, 7) is 3.98. The summed E-state index contributed by atoms with van der Waals surface area (Å²) in [5, 5.41) is 7.49. The van der Waals surface area contributed by atoms with Crippen molar-refractivity contribution in [3.8, 4) is 0 Å². The molecule has 1 atom stereocenters. The average molecular weight is 335 g/mol. The number of nitrogens with zero attached hydrogens (tertiary/aromatic N) is 4. The minimum atomic E-state index is -0.0360. The van der Waals surface area contributed by atoms with Crippen molar-refractivity contribution in [2.24, 2.45) is 0 Å². The fourth-order valence-corrected chi connectivity index (χ4v) is 3.51. The van der Waals surface area contributed by atoms with Crippen molar-refractivity contribution in [3.63, 3.8) is 0 Å². The number of aryl methyl sites for hydroxylation is 2. The highest BCUT2D eigenvalue weighted by Crippen LogP contribution is 2.39. The van der Waals surface area contributed by atoms with E-state index >= 15 is 0 Å². The van der Waals surface area contributed by atoms with E-state index in [4.69, 9.17) is 4.98 Å². The van der Waals surface area contributed by atoms with Crippen LogP contribution in [0.1, 0.15) is 34.9 Å². The van der Waals surface area contributed by atoms with Crippen molar-refractivity contribution in [1.82, 2.24) is 14.6 Å². The number of nitrogens with one attached hydrogen (secondary N) is 1. The van der Waals surface area contributed by atoms with E-state index in [1.165, 1.54) is 0 Å². The molecule has 0 unspecified atom stereocenters. The molecule has 3 aromatic rings. The molecule has 4 rings (SSSR count). The lowest BCUT2D eigenvalue weighted by Crippen LogP contribution is -2.23. The van der Waals surface area contributed by atoms with Crippen LogP contribution in [0, 0.1) is 13.8 Å². The predicted molar refractivity (Wildman–Crippen MR) is 98.3 cm³/mol. The largest absolute Gasteiger partial charge is 0.378 e. The maximum atomic E-state index is 12.2. The summed E-state index contributed by atoms with van der Waals surface area (Å²) in [5.74, 6) is 0.581. The topological polar surface area (TPSA) is 62.5 Å². The Morgan fingerprint density at radius 2 is 1.92 bits per heavy atom. The number of aromatic nitrogens is 3. The van der Waals surface area contributed by atoms with Crippen molar-refractivity contribution in [3.05, 3.63) is 52.8 Å². The Labute approximate surface area is 146 Å². The van der Waals surface area contributed by atoms with Gasteiger partial charge in [0.1, 0.15) is 0 Å². The maximum Gasteiger partial charge on any atom is 0.226 e. The van der Waals surface area contributed by atoms with E-state index in [9.17, 15) is 4.79 Å². The van der Waals surface area contributed by atoms with Gasteiger partial charge >= 0.3 is 0 Å². The van der Waals surface area contributed by atoms with Crippen LogP contribution in [0.4, 0.5) is 11.5 Å². The van der Waals surface area contributed by atoms with Crippen molar-refractivity contribution < 1.29 is 4.79 Å². The number of rotatable bonds is 2. The zero-order valence-electron chi connectivity index (χ0n) is 14.9. The summed E-state index contributed by atoms with van der Waals surface area (Å²) in [7, 11) is 4.03. The Morgan fingerprint density at radius 3 is 2.60 bits per heavy atom. The summed E-state index contributed by atoms with van der Waals surface area (Å²) in [4.78, 5) is 19.0. The first-order chi connectivity index (χ1) is 11.9. The molecular formula is C19H21N5O. The number of carbonyl (C=O) groups excluding carboxylic acids is 1. The first-order valence-electron chi connectivity index (χ1n) is 8.38. The minimum Gasteiger partial charge on any atom is -0.378 e. The van der Waals surface area contributed by atoms with Crippen LogP contribution < -0.4 is 10.2 Å². The van der Waals surface area contributed by atoms with Gasteiger partial charge in [0.25, 0.3) is 0 Å². The zero-order valence-corrected chi connectivity index (χ0v) is 14.9. The van der Waals surface area contributed by atoms with Crippen molar-refractivity contribution in [1.29, 1.82) is 0 Å². The lowest BCUT2D eigenvalue weighted by molar-refractivity contribution is -0.116. The Morgan fingerprint density at radius 1 is 1.20 bits per heavy atom. The first-order valence-corrected chi connectivity index (χ1v) is 8.38. The van der Waals surface area contributed by atoms with Gasteiger partial charge in [0, 0.05) is 49.1 Å². The fourth-order valence-electron chi connectivity index (χ4n) is 3.51. The molecule has 0 radical (unpaired) electrons. The molecule has 1 amide bonds. The number of hydrogen-bond donors (Lipinski definition) is 1. The highest BCUT2D eigenvalue weighted by molar-refractivity contribution is 5.96. The highest BCUT2D eigenvalue weighted by Gasteiger charge is 2.32. The molecular weight excluding hydrogens is 314 g/mol. The van der Waals surface area contributed by atoms with Gasteiger partial charge in [0.05, 0.1) is 0 Å². The molecule has 1 aliphatic rings. The number of anilines is 2. The summed E-state index contributed by atoms with van der Waals surface area (Å²) < 4.78 is 1.82. The van der Waals surface area contributed by atoms with Gasteiger partial charge in [-0.05, 0) is 37.6 Å². The van der Waals surface area contributed by atoms with E-state index in [-0.39, 0.29) is 11.8 Å². The van der Waals surface area contributed by atoms with Crippen LogP contribution in [0.25, 0.3) is 5.65 Å². The normalized spacial score (nSPS) is 16.6. The quantitative estimate of drug-likeness (QED) is 0.782. The summed E-state index contributed by atoms with van der Waals surface area (Å²) in [6.07, 6.45) is 0.407. The molecule has 25 heavy (non-hydrogen) atoms. The van der Waals surface area contributed by atoms with E-state index in [1.54, 1.807) is 0 Å². The van der Waals surface area contributed by atoms with E-state index in [2.05, 4.69) is 39.6 Å². The van der Waals surface area contributed by atoms with Gasteiger partial charge in [0.2, 0.25) is 5.91 Å². The monoisotopic (exact) mass is 335 g/mol. The van der Waals surface area contributed by atoms with E-state index in [1.807, 2.05) is 38.5 Å². The second-order valence-electron chi connectivity index (χ2n) is 6.83.